The number of ether oxygens (including phenoxy) is 3. The van der Waals surface area contributed by atoms with Gasteiger partial charge < -0.3 is 19.1 Å². The Morgan fingerprint density at radius 1 is 1.06 bits per heavy atom. The molecule has 1 aliphatic heterocycles. The summed E-state index contributed by atoms with van der Waals surface area (Å²) in [6, 6.07) is 5.69. The van der Waals surface area contributed by atoms with E-state index in [-0.39, 0.29) is 6.10 Å². The highest BCUT2D eigenvalue weighted by Gasteiger charge is 2.21. The third-order valence-corrected chi connectivity index (χ3v) is 3.33. The fourth-order valence-corrected chi connectivity index (χ4v) is 2.20. The Bertz CT molecular complexity index is 364. The highest BCUT2D eigenvalue weighted by molar-refractivity contribution is 5.51. The minimum absolute atomic E-state index is 0.242. The number of piperidine rings is 1. The van der Waals surface area contributed by atoms with Crippen LogP contribution >= 0.6 is 0 Å². The van der Waals surface area contributed by atoms with Crippen molar-refractivity contribution in [2.24, 2.45) is 0 Å². The number of likely N-dealkylation sites (tertiary alicyclic amines) is 1. The molecule has 0 atom stereocenters. The third-order valence-electron chi connectivity index (χ3n) is 3.33. The lowest BCUT2D eigenvalue weighted by atomic mass is 10.1. The summed E-state index contributed by atoms with van der Waals surface area (Å²) in [5, 5.41) is 0. The van der Waals surface area contributed by atoms with E-state index in [9.17, 15) is 0 Å². The SMILES string of the molecule is COc1cccc(OC)c1OC1CCN(C)CC1. The van der Waals surface area contributed by atoms with Gasteiger partial charge >= 0.3 is 0 Å². The molecule has 0 N–H and O–H groups in total. The third kappa shape index (κ3) is 2.88. The van der Waals surface area contributed by atoms with Gasteiger partial charge in [0.2, 0.25) is 5.75 Å². The molecule has 1 aromatic rings. The summed E-state index contributed by atoms with van der Waals surface area (Å²) in [4.78, 5) is 2.32. The van der Waals surface area contributed by atoms with Crippen molar-refractivity contribution in [1.82, 2.24) is 4.90 Å². The van der Waals surface area contributed by atoms with Crippen LogP contribution in [0.2, 0.25) is 0 Å². The molecule has 4 nitrogen and oxygen atoms in total. The standard InChI is InChI=1S/C14H21NO3/c1-15-9-7-11(8-10-15)18-14-12(16-2)5-4-6-13(14)17-3/h4-6,11H,7-10H2,1-3H3. The summed E-state index contributed by atoms with van der Waals surface area (Å²) >= 11 is 0. The molecule has 18 heavy (non-hydrogen) atoms. The van der Waals surface area contributed by atoms with E-state index in [1.54, 1.807) is 14.2 Å². The monoisotopic (exact) mass is 251 g/mol. The van der Waals surface area contributed by atoms with Crippen molar-refractivity contribution in [2.75, 3.05) is 34.4 Å². The zero-order chi connectivity index (χ0) is 13.0. The van der Waals surface area contributed by atoms with Gasteiger partial charge in [0, 0.05) is 13.1 Å². The molecule has 4 heteroatoms. The van der Waals surface area contributed by atoms with Crippen LogP contribution in [0.4, 0.5) is 0 Å². The number of methoxy groups -OCH3 is 2. The first-order chi connectivity index (χ1) is 8.74. The summed E-state index contributed by atoms with van der Waals surface area (Å²) < 4.78 is 16.7. The first-order valence-corrected chi connectivity index (χ1v) is 6.30. The molecule has 0 spiro atoms. The lowest BCUT2D eigenvalue weighted by molar-refractivity contribution is 0.108. The van der Waals surface area contributed by atoms with Crippen molar-refractivity contribution in [3.8, 4) is 17.2 Å². The van der Waals surface area contributed by atoms with Crippen LogP contribution in [0.5, 0.6) is 17.2 Å². The molecule has 0 bridgehead atoms. The maximum Gasteiger partial charge on any atom is 0.203 e. The Labute approximate surface area is 108 Å². The van der Waals surface area contributed by atoms with Gasteiger partial charge in [-0.05, 0) is 32.0 Å². The topological polar surface area (TPSA) is 30.9 Å². The Morgan fingerprint density at radius 3 is 2.11 bits per heavy atom. The van der Waals surface area contributed by atoms with Gasteiger partial charge in [-0.2, -0.15) is 0 Å². The van der Waals surface area contributed by atoms with Gasteiger partial charge in [-0.3, -0.25) is 0 Å². The van der Waals surface area contributed by atoms with Crippen LogP contribution < -0.4 is 14.2 Å². The normalized spacial score (nSPS) is 17.5. The van der Waals surface area contributed by atoms with E-state index < -0.39 is 0 Å². The van der Waals surface area contributed by atoms with Crippen molar-refractivity contribution in [2.45, 2.75) is 18.9 Å². The Balaban J connectivity index is 2.12. The molecule has 1 aromatic carbocycles. The van der Waals surface area contributed by atoms with E-state index in [1.165, 1.54) is 0 Å². The number of para-hydroxylation sites is 1. The molecule has 1 heterocycles. The highest BCUT2D eigenvalue weighted by atomic mass is 16.5. The van der Waals surface area contributed by atoms with Gasteiger partial charge in [0.1, 0.15) is 6.10 Å². The minimum atomic E-state index is 0.242. The van der Waals surface area contributed by atoms with Crippen LogP contribution in [-0.2, 0) is 0 Å². The molecule has 0 saturated carbocycles. The predicted octanol–water partition coefficient (Wildman–Crippen LogP) is 2.18. The number of hydrogen-bond donors (Lipinski definition) is 0. The average molecular weight is 251 g/mol. The van der Waals surface area contributed by atoms with Crippen molar-refractivity contribution in [3.05, 3.63) is 18.2 Å². The first kappa shape index (κ1) is 13.0. The van der Waals surface area contributed by atoms with Crippen LogP contribution in [0.25, 0.3) is 0 Å². The molecule has 0 amide bonds. The van der Waals surface area contributed by atoms with Gasteiger partial charge in [0.15, 0.2) is 11.5 Å². The summed E-state index contributed by atoms with van der Waals surface area (Å²) in [6.07, 6.45) is 2.32. The van der Waals surface area contributed by atoms with E-state index in [1.807, 2.05) is 18.2 Å². The van der Waals surface area contributed by atoms with Gasteiger partial charge in [0.05, 0.1) is 14.2 Å². The molecule has 2 rings (SSSR count). The molecule has 0 unspecified atom stereocenters. The number of nitrogens with zero attached hydrogens (tertiary/aromatic N) is 1. The van der Waals surface area contributed by atoms with E-state index in [0.717, 1.165) is 43.2 Å². The number of rotatable bonds is 4. The molecular weight excluding hydrogens is 230 g/mol. The molecule has 1 aliphatic rings. The fourth-order valence-electron chi connectivity index (χ4n) is 2.20. The molecule has 1 fully saturated rings. The summed E-state index contributed by atoms with van der Waals surface area (Å²) in [7, 11) is 5.44. The second-order valence-corrected chi connectivity index (χ2v) is 4.61. The van der Waals surface area contributed by atoms with Crippen LogP contribution in [0, 0.1) is 0 Å². The number of benzene rings is 1. The minimum Gasteiger partial charge on any atom is -0.493 e. The van der Waals surface area contributed by atoms with Gasteiger partial charge in [-0.1, -0.05) is 6.07 Å². The van der Waals surface area contributed by atoms with Crippen LogP contribution in [0.3, 0.4) is 0 Å². The molecule has 1 saturated heterocycles. The Kier molecular flexibility index (Phi) is 4.31. The van der Waals surface area contributed by atoms with Gasteiger partial charge in [-0.15, -0.1) is 0 Å². The summed E-state index contributed by atoms with van der Waals surface area (Å²) in [6.45, 7) is 2.14. The Hall–Kier alpha value is -1.42. The zero-order valence-corrected chi connectivity index (χ0v) is 11.3. The Morgan fingerprint density at radius 2 is 1.61 bits per heavy atom. The molecule has 0 aromatic heterocycles. The summed E-state index contributed by atoms with van der Waals surface area (Å²) in [5.41, 5.74) is 0. The second-order valence-electron chi connectivity index (χ2n) is 4.61. The second kappa shape index (κ2) is 5.96. The average Bonchev–Trinajstić information content (AvgIpc) is 2.41. The van der Waals surface area contributed by atoms with Crippen molar-refractivity contribution in [1.29, 1.82) is 0 Å². The van der Waals surface area contributed by atoms with E-state index in [2.05, 4.69) is 11.9 Å². The van der Waals surface area contributed by atoms with Crippen LogP contribution in [0.1, 0.15) is 12.8 Å². The van der Waals surface area contributed by atoms with Crippen molar-refractivity contribution < 1.29 is 14.2 Å². The fraction of sp³-hybridized carbons (Fsp3) is 0.571. The van der Waals surface area contributed by atoms with E-state index in [4.69, 9.17) is 14.2 Å². The lowest BCUT2D eigenvalue weighted by Crippen LogP contribution is -2.35. The van der Waals surface area contributed by atoms with Crippen LogP contribution in [0.15, 0.2) is 18.2 Å². The smallest absolute Gasteiger partial charge is 0.203 e. The maximum atomic E-state index is 6.07. The van der Waals surface area contributed by atoms with Gasteiger partial charge in [0.25, 0.3) is 0 Å². The molecule has 100 valence electrons. The first-order valence-electron chi connectivity index (χ1n) is 6.30. The predicted molar refractivity (Wildman–Crippen MR) is 70.7 cm³/mol. The quantitative estimate of drug-likeness (QED) is 0.820. The number of hydrogen-bond acceptors (Lipinski definition) is 4. The lowest BCUT2D eigenvalue weighted by Gasteiger charge is -2.30. The zero-order valence-electron chi connectivity index (χ0n) is 11.3. The van der Waals surface area contributed by atoms with Crippen molar-refractivity contribution in [3.63, 3.8) is 0 Å². The van der Waals surface area contributed by atoms with E-state index in [0.29, 0.717) is 0 Å². The van der Waals surface area contributed by atoms with Gasteiger partial charge in [-0.25, -0.2) is 0 Å². The highest BCUT2D eigenvalue weighted by Crippen LogP contribution is 2.38. The summed E-state index contributed by atoms with van der Waals surface area (Å²) in [5.74, 6) is 2.18. The molecular formula is C14H21NO3. The van der Waals surface area contributed by atoms with Crippen molar-refractivity contribution >= 4 is 0 Å². The van der Waals surface area contributed by atoms with Crippen LogP contribution in [-0.4, -0.2) is 45.4 Å². The molecule has 0 radical (unpaired) electrons. The van der Waals surface area contributed by atoms with E-state index >= 15 is 0 Å². The largest absolute Gasteiger partial charge is 0.493 e. The maximum absolute atomic E-state index is 6.07. The molecule has 0 aliphatic carbocycles.